The lowest BCUT2D eigenvalue weighted by atomic mass is 9.79. The molecule has 22 heavy (non-hydrogen) atoms. The van der Waals surface area contributed by atoms with Crippen molar-refractivity contribution in [2.24, 2.45) is 17.8 Å². The Balaban J connectivity index is 1.41. The third-order valence-corrected chi connectivity index (χ3v) is 5.72. The Morgan fingerprint density at radius 1 is 0.864 bits per heavy atom. The van der Waals surface area contributed by atoms with E-state index in [4.69, 9.17) is 9.47 Å². The zero-order chi connectivity index (χ0) is 15.4. The normalized spacial score (nSPS) is 36.6. The molecule has 0 bridgehead atoms. The third-order valence-electron chi connectivity index (χ3n) is 5.72. The molecule has 124 valence electrons. The maximum atomic E-state index is 5.59. The molecule has 3 rings (SSSR count). The van der Waals surface area contributed by atoms with Gasteiger partial charge in [-0.15, -0.1) is 0 Å². The van der Waals surface area contributed by atoms with E-state index in [1.54, 1.807) is 11.1 Å². The van der Waals surface area contributed by atoms with Crippen molar-refractivity contribution in [3.05, 3.63) is 23.3 Å². The highest BCUT2D eigenvalue weighted by atomic mass is 16.7. The van der Waals surface area contributed by atoms with Crippen molar-refractivity contribution in [1.82, 2.24) is 0 Å². The average Bonchev–Trinajstić information content (AvgIpc) is 2.56. The summed E-state index contributed by atoms with van der Waals surface area (Å²) in [5.74, 6) is 2.39. The Kier molecular flexibility index (Phi) is 5.76. The van der Waals surface area contributed by atoms with Gasteiger partial charge in [-0.2, -0.15) is 0 Å². The maximum absolute atomic E-state index is 5.59. The number of ether oxygens (including phenoxy) is 2. The Morgan fingerprint density at radius 3 is 2.09 bits per heavy atom. The van der Waals surface area contributed by atoms with Crippen LogP contribution >= 0.6 is 0 Å². The summed E-state index contributed by atoms with van der Waals surface area (Å²) in [5.41, 5.74) is 3.33. The summed E-state index contributed by atoms with van der Waals surface area (Å²) < 4.78 is 11.2. The van der Waals surface area contributed by atoms with Gasteiger partial charge in [0.15, 0.2) is 6.29 Å². The van der Waals surface area contributed by atoms with Crippen LogP contribution in [0.4, 0.5) is 0 Å². The van der Waals surface area contributed by atoms with E-state index in [0.29, 0.717) is 5.92 Å². The van der Waals surface area contributed by atoms with Crippen molar-refractivity contribution in [1.29, 1.82) is 0 Å². The topological polar surface area (TPSA) is 18.5 Å². The zero-order valence-electron chi connectivity index (χ0n) is 14.4. The predicted octanol–water partition coefficient (Wildman–Crippen LogP) is 5.25. The van der Waals surface area contributed by atoms with Crippen molar-refractivity contribution < 1.29 is 9.47 Å². The fourth-order valence-corrected chi connectivity index (χ4v) is 3.98. The Labute approximate surface area is 136 Å². The summed E-state index contributed by atoms with van der Waals surface area (Å²) in [4.78, 5) is 0. The highest BCUT2D eigenvalue weighted by Crippen LogP contribution is 2.36. The second kappa shape index (κ2) is 7.79. The number of allylic oxidation sites excluding steroid dienone is 4. The van der Waals surface area contributed by atoms with Gasteiger partial charge in [0.2, 0.25) is 0 Å². The van der Waals surface area contributed by atoms with Crippen LogP contribution < -0.4 is 0 Å². The van der Waals surface area contributed by atoms with Crippen LogP contribution in [0.5, 0.6) is 0 Å². The molecule has 0 aromatic rings. The minimum Gasteiger partial charge on any atom is -0.353 e. The minimum absolute atomic E-state index is 0.00269. The van der Waals surface area contributed by atoms with Gasteiger partial charge in [-0.1, -0.05) is 19.1 Å². The predicted molar refractivity (Wildman–Crippen MR) is 90.6 cm³/mol. The molecule has 0 N–H and O–H groups in total. The first-order valence-electron chi connectivity index (χ1n) is 9.32. The van der Waals surface area contributed by atoms with Crippen molar-refractivity contribution in [3.63, 3.8) is 0 Å². The van der Waals surface area contributed by atoms with Gasteiger partial charge >= 0.3 is 0 Å². The Bertz CT molecular complexity index is 415. The van der Waals surface area contributed by atoms with Crippen LogP contribution in [0.15, 0.2) is 23.3 Å². The molecule has 1 aliphatic heterocycles. The number of rotatable bonds is 4. The highest BCUT2D eigenvalue weighted by molar-refractivity contribution is 5.33. The fraction of sp³-hybridized carbons (Fsp3) is 0.800. The van der Waals surface area contributed by atoms with Gasteiger partial charge in [-0.3, -0.25) is 0 Å². The molecule has 0 radical (unpaired) electrons. The van der Waals surface area contributed by atoms with E-state index in [9.17, 15) is 0 Å². The summed E-state index contributed by atoms with van der Waals surface area (Å²) in [5, 5.41) is 0. The van der Waals surface area contributed by atoms with Gasteiger partial charge in [0.25, 0.3) is 0 Å². The van der Waals surface area contributed by atoms with E-state index < -0.39 is 0 Å². The van der Waals surface area contributed by atoms with Crippen LogP contribution in [0, 0.1) is 17.8 Å². The van der Waals surface area contributed by atoms with Crippen molar-refractivity contribution >= 4 is 0 Å². The van der Waals surface area contributed by atoms with E-state index in [0.717, 1.165) is 25.0 Å². The van der Waals surface area contributed by atoms with Gasteiger partial charge in [-0.05, 0) is 81.3 Å². The molecule has 2 atom stereocenters. The first-order chi connectivity index (χ1) is 10.7. The second-order valence-corrected chi connectivity index (χ2v) is 7.66. The third kappa shape index (κ3) is 4.45. The van der Waals surface area contributed by atoms with E-state index >= 15 is 0 Å². The van der Waals surface area contributed by atoms with E-state index in [2.05, 4.69) is 19.1 Å². The quantitative estimate of drug-likeness (QED) is 0.706. The fourth-order valence-electron chi connectivity index (χ4n) is 3.98. The van der Waals surface area contributed by atoms with Crippen molar-refractivity contribution in [2.45, 2.75) is 71.5 Å². The minimum atomic E-state index is 0.00269. The molecule has 0 aromatic carbocycles. The zero-order valence-corrected chi connectivity index (χ0v) is 14.4. The number of hydrogen-bond acceptors (Lipinski definition) is 2. The molecule has 2 aliphatic carbocycles. The molecule has 3 aliphatic rings. The van der Waals surface area contributed by atoms with Crippen LogP contribution in [0.1, 0.15) is 65.2 Å². The first-order valence-corrected chi connectivity index (χ1v) is 9.32. The SMILES string of the molecule is CC1CC=C(C2=CCC(CCC3COC(C)OC3)CC2)CC1. The molecule has 0 saturated carbocycles. The van der Waals surface area contributed by atoms with Gasteiger partial charge in [-0.25, -0.2) is 0 Å². The van der Waals surface area contributed by atoms with Gasteiger partial charge in [0.1, 0.15) is 0 Å². The molecule has 2 unspecified atom stereocenters. The molecule has 1 saturated heterocycles. The first kappa shape index (κ1) is 16.3. The summed E-state index contributed by atoms with van der Waals surface area (Å²) in [6.45, 7) is 6.14. The van der Waals surface area contributed by atoms with Crippen LogP contribution in [-0.4, -0.2) is 19.5 Å². The lowest BCUT2D eigenvalue weighted by Crippen LogP contribution is -2.30. The van der Waals surface area contributed by atoms with Crippen LogP contribution in [0.25, 0.3) is 0 Å². The van der Waals surface area contributed by atoms with Gasteiger partial charge in [0.05, 0.1) is 13.2 Å². The highest BCUT2D eigenvalue weighted by Gasteiger charge is 2.22. The molecule has 0 amide bonds. The summed E-state index contributed by atoms with van der Waals surface area (Å²) in [6.07, 6.45) is 15.6. The molecular weight excluding hydrogens is 272 g/mol. The molecule has 0 aromatic heterocycles. The van der Waals surface area contributed by atoms with E-state index in [-0.39, 0.29) is 6.29 Å². The summed E-state index contributed by atoms with van der Waals surface area (Å²) >= 11 is 0. The Morgan fingerprint density at radius 2 is 1.50 bits per heavy atom. The van der Waals surface area contributed by atoms with Crippen LogP contribution in [-0.2, 0) is 9.47 Å². The molecule has 0 spiro atoms. The smallest absolute Gasteiger partial charge is 0.154 e. The molecule has 1 fully saturated rings. The van der Waals surface area contributed by atoms with Gasteiger partial charge < -0.3 is 9.47 Å². The largest absolute Gasteiger partial charge is 0.353 e. The number of hydrogen-bond donors (Lipinski definition) is 0. The van der Waals surface area contributed by atoms with Gasteiger partial charge in [0, 0.05) is 5.92 Å². The molecule has 2 nitrogen and oxygen atoms in total. The maximum Gasteiger partial charge on any atom is 0.154 e. The molecule has 2 heteroatoms. The van der Waals surface area contributed by atoms with Crippen LogP contribution in [0.2, 0.25) is 0 Å². The monoisotopic (exact) mass is 304 g/mol. The van der Waals surface area contributed by atoms with E-state index in [1.807, 2.05) is 6.92 Å². The van der Waals surface area contributed by atoms with E-state index in [1.165, 1.54) is 51.4 Å². The Hall–Kier alpha value is -0.600. The van der Waals surface area contributed by atoms with Crippen LogP contribution in [0.3, 0.4) is 0 Å². The standard InChI is InChI=1S/C20H32O2/c1-15-3-9-19(10-4-15)20-11-7-17(8-12-20)5-6-18-13-21-16(2)22-14-18/h9,11,15-18H,3-8,10,12-14H2,1-2H3. The van der Waals surface area contributed by atoms with Crippen molar-refractivity contribution in [2.75, 3.05) is 13.2 Å². The molecule has 1 heterocycles. The second-order valence-electron chi connectivity index (χ2n) is 7.66. The summed E-state index contributed by atoms with van der Waals surface area (Å²) in [7, 11) is 0. The van der Waals surface area contributed by atoms with Crippen molar-refractivity contribution in [3.8, 4) is 0 Å². The average molecular weight is 304 g/mol. The summed E-state index contributed by atoms with van der Waals surface area (Å²) in [6, 6.07) is 0. The lowest BCUT2D eigenvalue weighted by Gasteiger charge is -2.30. The lowest BCUT2D eigenvalue weighted by molar-refractivity contribution is -0.191. The molecular formula is C20H32O2.